The SMILES string of the molecule is CCCCOC(=O)C(OS(=O)(=O)c1ccc(C)cc1)C1CCCN1. The summed E-state index contributed by atoms with van der Waals surface area (Å²) in [6.45, 7) is 4.86. The van der Waals surface area contributed by atoms with E-state index in [0.29, 0.717) is 6.42 Å². The van der Waals surface area contributed by atoms with E-state index in [2.05, 4.69) is 5.32 Å². The van der Waals surface area contributed by atoms with Crippen molar-refractivity contribution in [1.82, 2.24) is 5.32 Å². The third-order valence-electron chi connectivity index (χ3n) is 3.98. The molecule has 1 aromatic carbocycles. The van der Waals surface area contributed by atoms with Gasteiger partial charge in [-0.3, -0.25) is 0 Å². The molecule has 0 bridgehead atoms. The smallest absolute Gasteiger partial charge is 0.338 e. The van der Waals surface area contributed by atoms with E-state index in [1.807, 2.05) is 13.8 Å². The Labute approximate surface area is 143 Å². The summed E-state index contributed by atoms with van der Waals surface area (Å²) in [6, 6.07) is 6.00. The summed E-state index contributed by atoms with van der Waals surface area (Å²) < 4.78 is 35.4. The molecule has 6 nitrogen and oxygen atoms in total. The first-order valence-electron chi connectivity index (χ1n) is 8.34. The third-order valence-corrected chi connectivity index (χ3v) is 5.29. The summed E-state index contributed by atoms with van der Waals surface area (Å²) in [5.74, 6) is -0.626. The molecule has 1 aromatic rings. The Bertz CT molecular complexity index is 635. The molecule has 1 N–H and O–H groups in total. The zero-order chi connectivity index (χ0) is 17.6. The number of esters is 1. The second-order valence-electron chi connectivity index (χ2n) is 6.01. The summed E-state index contributed by atoms with van der Waals surface area (Å²) >= 11 is 0. The van der Waals surface area contributed by atoms with Crippen molar-refractivity contribution in [3.8, 4) is 0 Å². The van der Waals surface area contributed by atoms with Crippen LogP contribution in [0.15, 0.2) is 29.2 Å². The van der Waals surface area contributed by atoms with Gasteiger partial charge in [-0.05, 0) is 44.9 Å². The van der Waals surface area contributed by atoms with Crippen LogP contribution in [0.5, 0.6) is 0 Å². The highest BCUT2D eigenvalue weighted by molar-refractivity contribution is 7.86. The van der Waals surface area contributed by atoms with E-state index in [0.717, 1.165) is 31.4 Å². The van der Waals surface area contributed by atoms with Crippen molar-refractivity contribution in [2.45, 2.75) is 56.6 Å². The molecule has 2 rings (SSSR count). The Kier molecular flexibility index (Phi) is 6.77. The number of hydrogen-bond acceptors (Lipinski definition) is 6. The lowest BCUT2D eigenvalue weighted by Gasteiger charge is -2.22. The second kappa shape index (κ2) is 8.60. The van der Waals surface area contributed by atoms with Crippen LogP contribution < -0.4 is 5.32 Å². The lowest BCUT2D eigenvalue weighted by Crippen LogP contribution is -2.44. The van der Waals surface area contributed by atoms with Crippen LogP contribution in [0, 0.1) is 6.92 Å². The molecule has 0 aliphatic carbocycles. The van der Waals surface area contributed by atoms with Crippen LogP contribution >= 0.6 is 0 Å². The molecule has 1 fully saturated rings. The van der Waals surface area contributed by atoms with Crippen LogP contribution in [0.1, 0.15) is 38.2 Å². The van der Waals surface area contributed by atoms with Crippen LogP contribution in [-0.4, -0.2) is 39.7 Å². The van der Waals surface area contributed by atoms with Gasteiger partial charge in [0.25, 0.3) is 10.1 Å². The van der Waals surface area contributed by atoms with Crippen molar-refractivity contribution < 1.29 is 22.1 Å². The summed E-state index contributed by atoms with van der Waals surface area (Å²) in [4.78, 5) is 12.4. The molecular formula is C17H25NO5S. The second-order valence-corrected chi connectivity index (χ2v) is 7.58. The molecule has 134 valence electrons. The number of hydrogen-bond donors (Lipinski definition) is 1. The predicted molar refractivity (Wildman–Crippen MR) is 90.1 cm³/mol. The van der Waals surface area contributed by atoms with E-state index in [4.69, 9.17) is 8.92 Å². The van der Waals surface area contributed by atoms with Crippen LogP contribution in [0.2, 0.25) is 0 Å². The van der Waals surface area contributed by atoms with E-state index in [1.54, 1.807) is 12.1 Å². The summed E-state index contributed by atoms with van der Waals surface area (Å²) in [6.07, 6.45) is 2.02. The van der Waals surface area contributed by atoms with Gasteiger partial charge in [0.15, 0.2) is 6.10 Å². The molecular weight excluding hydrogens is 330 g/mol. The Balaban J connectivity index is 2.14. The van der Waals surface area contributed by atoms with Gasteiger partial charge in [-0.15, -0.1) is 0 Å². The van der Waals surface area contributed by atoms with E-state index in [1.165, 1.54) is 12.1 Å². The lowest BCUT2D eigenvalue weighted by atomic mass is 10.1. The Morgan fingerprint density at radius 2 is 2.04 bits per heavy atom. The van der Waals surface area contributed by atoms with Gasteiger partial charge in [0, 0.05) is 6.04 Å². The standard InChI is InChI=1S/C17H25NO5S/c1-3-4-12-22-17(19)16(15-6-5-11-18-15)23-24(20,21)14-9-7-13(2)8-10-14/h7-10,15-16,18H,3-6,11-12H2,1-2H3. The maximum absolute atomic E-state index is 12.5. The minimum absolute atomic E-state index is 0.0393. The number of benzene rings is 1. The molecule has 0 saturated carbocycles. The number of rotatable bonds is 8. The molecule has 0 spiro atoms. The first-order chi connectivity index (χ1) is 11.4. The fourth-order valence-electron chi connectivity index (χ4n) is 2.54. The van der Waals surface area contributed by atoms with Gasteiger partial charge in [0.1, 0.15) is 0 Å². The Morgan fingerprint density at radius 1 is 1.33 bits per heavy atom. The lowest BCUT2D eigenvalue weighted by molar-refractivity contribution is -0.153. The molecule has 2 atom stereocenters. The fraction of sp³-hybridized carbons (Fsp3) is 0.588. The molecule has 7 heteroatoms. The molecule has 2 unspecified atom stereocenters. The van der Waals surface area contributed by atoms with Crippen molar-refractivity contribution >= 4 is 16.1 Å². The summed E-state index contributed by atoms with van der Waals surface area (Å²) in [7, 11) is -4.03. The quantitative estimate of drug-likeness (QED) is 0.437. The van der Waals surface area contributed by atoms with Crippen molar-refractivity contribution in [3.63, 3.8) is 0 Å². The van der Waals surface area contributed by atoms with E-state index >= 15 is 0 Å². The minimum atomic E-state index is -4.03. The van der Waals surface area contributed by atoms with Gasteiger partial charge in [-0.1, -0.05) is 31.0 Å². The largest absolute Gasteiger partial charge is 0.464 e. The van der Waals surface area contributed by atoms with Gasteiger partial charge in [0.05, 0.1) is 11.5 Å². The molecule has 1 saturated heterocycles. The minimum Gasteiger partial charge on any atom is -0.464 e. The Hall–Kier alpha value is -1.44. The number of ether oxygens (including phenoxy) is 1. The van der Waals surface area contributed by atoms with E-state index < -0.39 is 22.2 Å². The maximum atomic E-state index is 12.5. The highest BCUT2D eigenvalue weighted by atomic mass is 32.2. The van der Waals surface area contributed by atoms with Crippen molar-refractivity contribution in [3.05, 3.63) is 29.8 Å². The van der Waals surface area contributed by atoms with E-state index in [9.17, 15) is 13.2 Å². The topological polar surface area (TPSA) is 81.7 Å². The molecule has 1 aliphatic rings. The molecule has 1 heterocycles. The first kappa shape index (κ1) is 18.9. The zero-order valence-electron chi connectivity index (χ0n) is 14.2. The van der Waals surface area contributed by atoms with Crippen molar-refractivity contribution in [2.75, 3.05) is 13.2 Å². The van der Waals surface area contributed by atoms with Crippen LogP contribution in [0.25, 0.3) is 0 Å². The molecule has 24 heavy (non-hydrogen) atoms. The summed E-state index contributed by atoms with van der Waals surface area (Å²) in [5.41, 5.74) is 0.946. The molecule has 0 amide bonds. The van der Waals surface area contributed by atoms with Gasteiger partial charge in [0.2, 0.25) is 0 Å². The molecule has 0 aromatic heterocycles. The average Bonchev–Trinajstić information content (AvgIpc) is 3.07. The number of aryl methyl sites for hydroxylation is 1. The number of carbonyl (C=O) groups excluding carboxylic acids is 1. The first-order valence-corrected chi connectivity index (χ1v) is 9.75. The Morgan fingerprint density at radius 3 is 2.62 bits per heavy atom. The van der Waals surface area contributed by atoms with Gasteiger partial charge in [-0.25, -0.2) is 8.98 Å². The van der Waals surface area contributed by atoms with Gasteiger partial charge in [-0.2, -0.15) is 8.42 Å². The fourth-order valence-corrected chi connectivity index (χ4v) is 3.60. The normalized spacial score (nSPS) is 19.2. The third kappa shape index (κ3) is 5.03. The van der Waals surface area contributed by atoms with Crippen molar-refractivity contribution in [2.24, 2.45) is 0 Å². The molecule has 1 aliphatic heterocycles. The van der Waals surface area contributed by atoms with Gasteiger partial charge >= 0.3 is 5.97 Å². The number of unbranched alkanes of at least 4 members (excludes halogenated alkanes) is 1. The van der Waals surface area contributed by atoms with Crippen LogP contribution in [0.3, 0.4) is 0 Å². The molecule has 0 radical (unpaired) electrons. The predicted octanol–water partition coefficient (Wildman–Crippen LogP) is 2.16. The highest BCUT2D eigenvalue weighted by Crippen LogP contribution is 2.21. The van der Waals surface area contributed by atoms with Crippen LogP contribution in [0.4, 0.5) is 0 Å². The van der Waals surface area contributed by atoms with Crippen LogP contribution in [-0.2, 0) is 23.8 Å². The summed E-state index contributed by atoms with van der Waals surface area (Å²) in [5, 5.41) is 3.12. The maximum Gasteiger partial charge on any atom is 0.338 e. The average molecular weight is 355 g/mol. The zero-order valence-corrected chi connectivity index (χ0v) is 15.0. The van der Waals surface area contributed by atoms with Gasteiger partial charge < -0.3 is 10.1 Å². The monoisotopic (exact) mass is 355 g/mol. The number of carbonyl (C=O) groups is 1. The van der Waals surface area contributed by atoms with Crippen molar-refractivity contribution in [1.29, 1.82) is 0 Å². The highest BCUT2D eigenvalue weighted by Gasteiger charge is 2.37. The van der Waals surface area contributed by atoms with E-state index in [-0.39, 0.29) is 17.5 Å². The number of nitrogens with one attached hydrogen (secondary N) is 1.